The largest absolute Gasteiger partial charge is 0.378 e. The van der Waals surface area contributed by atoms with Gasteiger partial charge in [0.15, 0.2) is 0 Å². The Labute approximate surface area is 131 Å². The molecule has 2 saturated heterocycles. The van der Waals surface area contributed by atoms with E-state index in [4.69, 9.17) is 4.74 Å². The van der Waals surface area contributed by atoms with E-state index in [0.717, 1.165) is 44.8 Å². The number of hydrogen-bond donors (Lipinski definition) is 2. The average Bonchev–Trinajstić information content (AvgIpc) is 3.21. The normalized spacial score (nSPS) is 26.3. The van der Waals surface area contributed by atoms with Crippen LogP contribution in [0.4, 0.5) is 4.79 Å². The maximum atomic E-state index is 12.3. The number of imidazole rings is 1. The van der Waals surface area contributed by atoms with Gasteiger partial charge in [0.1, 0.15) is 5.82 Å². The number of likely N-dealkylation sites (N-methyl/N-ethyl adjacent to an activating group) is 1. The van der Waals surface area contributed by atoms with E-state index < -0.39 is 0 Å². The van der Waals surface area contributed by atoms with Crippen molar-refractivity contribution in [1.29, 1.82) is 0 Å². The molecule has 7 heteroatoms. The van der Waals surface area contributed by atoms with Gasteiger partial charge in [-0.3, -0.25) is 4.90 Å². The highest BCUT2D eigenvalue weighted by molar-refractivity contribution is 5.74. The smallest absolute Gasteiger partial charge is 0.317 e. The van der Waals surface area contributed by atoms with Crippen LogP contribution in [0.15, 0.2) is 12.4 Å². The summed E-state index contributed by atoms with van der Waals surface area (Å²) in [5.41, 5.74) is 0. The van der Waals surface area contributed by atoms with Gasteiger partial charge in [0, 0.05) is 45.2 Å². The zero-order valence-electron chi connectivity index (χ0n) is 13.1. The van der Waals surface area contributed by atoms with Crippen molar-refractivity contribution < 1.29 is 9.53 Å². The second kappa shape index (κ2) is 7.11. The maximum Gasteiger partial charge on any atom is 0.317 e. The number of rotatable bonds is 4. The van der Waals surface area contributed by atoms with Crippen molar-refractivity contribution in [3.8, 4) is 0 Å². The number of amides is 2. The van der Waals surface area contributed by atoms with Crippen LogP contribution in [0, 0.1) is 0 Å². The summed E-state index contributed by atoms with van der Waals surface area (Å²) in [7, 11) is 2.07. The van der Waals surface area contributed by atoms with Gasteiger partial charge in [0.25, 0.3) is 0 Å². The van der Waals surface area contributed by atoms with Crippen molar-refractivity contribution in [2.24, 2.45) is 0 Å². The Morgan fingerprint density at radius 1 is 1.55 bits per heavy atom. The number of piperazine rings is 1. The number of aromatic nitrogens is 2. The molecule has 3 rings (SSSR count). The van der Waals surface area contributed by atoms with E-state index in [1.807, 2.05) is 11.1 Å². The number of H-pyrrole nitrogens is 1. The molecule has 0 bridgehead atoms. The topological polar surface area (TPSA) is 73.5 Å². The molecule has 1 aromatic heterocycles. The lowest BCUT2D eigenvalue weighted by atomic mass is 10.1. The third kappa shape index (κ3) is 3.59. The Morgan fingerprint density at radius 2 is 2.45 bits per heavy atom. The Kier molecular flexibility index (Phi) is 4.94. The van der Waals surface area contributed by atoms with Crippen molar-refractivity contribution in [2.75, 3.05) is 39.8 Å². The van der Waals surface area contributed by atoms with Gasteiger partial charge in [0.05, 0.1) is 12.1 Å². The number of nitrogens with zero attached hydrogens (tertiary/aromatic N) is 3. The summed E-state index contributed by atoms with van der Waals surface area (Å²) in [6, 6.07) is 0.148. The molecule has 2 N–H and O–H groups in total. The van der Waals surface area contributed by atoms with Gasteiger partial charge in [-0.25, -0.2) is 9.78 Å². The van der Waals surface area contributed by atoms with Crippen LogP contribution in [-0.4, -0.2) is 71.7 Å². The molecule has 2 aliphatic heterocycles. The van der Waals surface area contributed by atoms with Crippen LogP contribution in [0.2, 0.25) is 0 Å². The van der Waals surface area contributed by atoms with Crippen LogP contribution in [-0.2, 0) is 4.74 Å². The minimum atomic E-state index is 0.0163. The van der Waals surface area contributed by atoms with Crippen LogP contribution in [0.3, 0.4) is 0 Å². The standard InChI is InChI=1S/C15H25N5O2/c1-19-8-9-20(11-13(19)14-16-6-7-17-14)15(21)18-5-4-12-3-2-10-22-12/h6-7,12-13H,2-5,8-11H2,1H3,(H,16,17)(H,18,21). The van der Waals surface area contributed by atoms with E-state index in [1.165, 1.54) is 0 Å². The predicted octanol–water partition coefficient (Wildman–Crippen LogP) is 0.977. The molecule has 1 aromatic rings. The lowest BCUT2D eigenvalue weighted by Gasteiger charge is -2.38. The van der Waals surface area contributed by atoms with Crippen molar-refractivity contribution in [1.82, 2.24) is 25.1 Å². The van der Waals surface area contributed by atoms with E-state index in [0.29, 0.717) is 19.2 Å². The lowest BCUT2D eigenvalue weighted by Crippen LogP contribution is -2.52. The third-order valence-corrected chi connectivity index (χ3v) is 4.54. The number of nitrogens with one attached hydrogen (secondary N) is 2. The molecule has 7 nitrogen and oxygen atoms in total. The molecule has 0 aliphatic carbocycles. The highest BCUT2D eigenvalue weighted by Gasteiger charge is 2.29. The summed E-state index contributed by atoms with van der Waals surface area (Å²) < 4.78 is 5.58. The van der Waals surface area contributed by atoms with Crippen molar-refractivity contribution in [3.05, 3.63) is 18.2 Å². The molecule has 22 heavy (non-hydrogen) atoms. The first-order chi connectivity index (χ1) is 10.7. The SMILES string of the molecule is CN1CCN(C(=O)NCCC2CCCO2)CC1c1ncc[nH]1. The molecule has 0 spiro atoms. The van der Waals surface area contributed by atoms with Crippen molar-refractivity contribution in [2.45, 2.75) is 31.4 Å². The summed E-state index contributed by atoms with van der Waals surface area (Å²) in [6.45, 7) is 3.81. The fourth-order valence-electron chi connectivity index (χ4n) is 3.14. The Hall–Kier alpha value is -1.60. The summed E-state index contributed by atoms with van der Waals surface area (Å²) in [5, 5.41) is 3.02. The van der Waals surface area contributed by atoms with Gasteiger partial charge >= 0.3 is 6.03 Å². The fraction of sp³-hybridized carbons (Fsp3) is 0.733. The minimum absolute atomic E-state index is 0.0163. The number of carbonyl (C=O) groups excluding carboxylic acids is 1. The van der Waals surface area contributed by atoms with Crippen LogP contribution in [0.1, 0.15) is 31.1 Å². The summed E-state index contributed by atoms with van der Waals surface area (Å²) in [4.78, 5) is 23.9. The number of ether oxygens (including phenoxy) is 1. The molecule has 0 radical (unpaired) electrons. The molecule has 2 amide bonds. The van der Waals surface area contributed by atoms with E-state index in [9.17, 15) is 4.79 Å². The maximum absolute atomic E-state index is 12.3. The van der Waals surface area contributed by atoms with Gasteiger partial charge in [-0.2, -0.15) is 0 Å². The summed E-state index contributed by atoms with van der Waals surface area (Å²) in [5.74, 6) is 0.916. The molecular formula is C15H25N5O2. The second-order valence-corrected chi connectivity index (χ2v) is 6.07. The molecular weight excluding hydrogens is 282 g/mol. The van der Waals surface area contributed by atoms with E-state index >= 15 is 0 Å². The molecule has 2 aliphatic rings. The van der Waals surface area contributed by atoms with E-state index in [-0.39, 0.29) is 12.1 Å². The number of urea groups is 1. The van der Waals surface area contributed by atoms with E-state index in [2.05, 4.69) is 27.2 Å². The van der Waals surface area contributed by atoms with Crippen molar-refractivity contribution in [3.63, 3.8) is 0 Å². The van der Waals surface area contributed by atoms with E-state index in [1.54, 1.807) is 6.20 Å². The third-order valence-electron chi connectivity index (χ3n) is 4.54. The van der Waals surface area contributed by atoms with Crippen LogP contribution in [0.25, 0.3) is 0 Å². The molecule has 3 heterocycles. The quantitative estimate of drug-likeness (QED) is 0.869. The highest BCUT2D eigenvalue weighted by atomic mass is 16.5. The van der Waals surface area contributed by atoms with Crippen LogP contribution >= 0.6 is 0 Å². The van der Waals surface area contributed by atoms with Crippen LogP contribution < -0.4 is 5.32 Å². The van der Waals surface area contributed by atoms with Gasteiger partial charge in [-0.1, -0.05) is 0 Å². The molecule has 0 saturated carbocycles. The summed E-state index contributed by atoms with van der Waals surface area (Å²) in [6.07, 6.45) is 7.06. The zero-order chi connectivity index (χ0) is 15.4. The second-order valence-electron chi connectivity index (χ2n) is 6.07. The first kappa shape index (κ1) is 15.3. The predicted molar refractivity (Wildman–Crippen MR) is 82.5 cm³/mol. The highest BCUT2D eigenvalue weighted by Crippen LogP contribution is 2.21. The van der Waals surface area contributed by atoms with Gasteiger partial charge in [-0.05, 0) is 26.3 Å². The Morgan fingerprint density at radius 3 is 3.18 bits per heavy atom. The monoisotopic (exact) mass is 307 g/mol. The molecule has 122 valence electrons. The Bertz CT molecular complexity index is 472. The van der Waals surface area contributed by atoms with Gasteiger partial charge < -0.3 is 19.9 Å². The number of carbonyl (C=O) groups is 1. The molecule has 2 atom stereocenters. The number of hydrogen-bond acceptors (Lipinski definition) is 4. The van der Waals surface area contributed by atoms with Crippen LogP contribution in [0.5, 0.6) is 0 Å². The first-order valence-corrected chi connectivity index (χ1v) is 8.08. The zero-order valence-corrected chi connectivity index (χ0v) is 13.1. The number of aromatic amines is 1. The van der Waals surface area contributed by atoms with Gasteiger partial charge in [-0.15, -0.1) is 0 Å². The van der Waals surface area contributed by atoms with Crippen molar-refractivity contribution >= 4 is 6.03 Å². The molecule has 2 fully saturated rings. The first-order valence-electron chi connectivity index (χ1n) is 8.08. The minimum Gasteiger partial charge on any atom is -0.378 e. The van der Waals surface area contributed by atoms with Gasteiger partial charge in [0.2, 0.25) is 0 Å². The summed E-state index contributed by atoms with van der Waals surface area (Å²) >= 11 is 0. The molecule has 2 unspecified atom stereocenters. The molecule has 0 aromatic carbocycles. The average molecular weight is 307 g/mol. The fourth-order valence-corrected chi connectivity index (χ4v) is 3.14. The lowest BCUT2D eigenvalue weighted by molar-refractivity contribution is 0.0975. The Balaban J connectivity index is 1.47.